The van der Waals surface area contributed by atoms with Crippen LogP contribution in [0, 0.1) is 0 Å². The molecule has 2 N–H and O–H groups in total. The molecule has 0 aliphatic heterocycles. The van der Waals surface area contributed by atoms with Gasteiger partial charge in [-0.1, -0.05) is 23.2 Å². The van der Waals surface area contributed by atoms with E-state index in [0.29, 0.717) is 22.2 Å². The lowest BCUT2D eigenvalue weighted by atomic mass is 10.1. The molecule has 206 valence electrons. The quantitative estimate of drug-likeness (QED) is 0.223. The van der Waals surface area contributed by atoms with Crippen LogP contribution in [0.15, 0.2) is 89.8 Å². The Morgan fingerprint density at radius 1 is 0.825 bits per heavy atom. The number of carbonyl (C=O) groups is 2. The number of aromatic carboxylic acids is 1. The summed E-state index contributed by atoms with van der Waals surface area (Å²) in [6.45, 7) is 0. The van der Waals surface area contributed by atoms with Crippen LogP contribution < -0.4 is 19.1 Å². The van der Waals surface area contributed by atoms with Crippen molar-refractivity contribution in [2.45, 2.75) is 4.90 Å². The molecule has 0 aliphatic rings. The molecule has 0 aromatic heterocycles. The number of halogens is 2. The van der Waals surface area contributed by atoms with Crippen LogP contribution in [-0.2, 0) is 10.0 Å². The summed E-state index contributed by atoms with van der Waals surface area (Å²) in [5.41, 5.74) is 0.282. The van der Waals surface area contributed by atoms with Gasteiger partial charge in [0.1, 0.15) is 17.2 Å². The number of ether oxygens (including phenoxy) is 2. The molecule has 4 rings (SSSR count). The number of nitrogens with one attached hydrogen (secondary N) is 1. The van der Waals surface area contributed by atoms with Crippen molar-refractivity contribution < 1.29 is 32.6 Å². The maximum atomic E-state index is 13.0. The molecule has 0 aliphatic carbocycles. The van der Waals surface area contributed by atoms with Gasteiger partial charge in [0.2, 0.25) is 0 Å². The number of methoxy groups -OCH3 is 1. The second-order valence-corrected chi connectivity index (χ2v) is 11.1. The summed E-state index contributed by atoms with van der Waals surface area (Å²) in [5.74, 6) is -0.873. The zero-order chi connectivity index (χ0) is 29.0. The van der Waals surface area contributed by atoms with E-state index < -0.39 is 21.9 Å². The Kier molecular flexibility index (Phi) is 8.53. The van der Waals surface area contributed by atoms with Crippen LogP contribution in [0.5, 0.6) is 17.2 Å². The molecule has 4 aromatic rings. The smallest absolute Gasteiger partial charge is 0.337 e. The number of nitrogens with zero attached hydrogens (tertiary/aromatic N) is 1. The van der Waals surface area contributed by atoms with Gasteiger partial charge < -0.3 is 19.9 Å². The van der Waals surface area contributed by atoms with Crippen LogP contribution in [0.2, 0.25) is 10.0 Å². The van der Waals surface area contributed by atoms with E-state index in [1.807, 2.05) is 0 Å². The number of hydrogen-bond donors (Lipinski definition) is 2. The van der Waals surface area contributed by atoms with E-state index in [0.717, 1.165) is 4.31 Å². The molecule has 0 atom stereocenters. The average Bonchev–Trinajstić information content (AvgIpc) is 2.95. The number of anilines is 2. The Labute approximate surface area is 240 Å². The number of carboxylic acids is 1. The fraction of sp³-hybridized carbons (Fsp3) is 0.0714. The number of sulfonamides is 1. The highest BCUT2D eigenvalue weighted by molar-refractivity contribution is 7.92. The second kappa shape index (κ2) is 11.9. The van der Waals surface area contributed by atoms with Crippen molar-refractivity contribution in [3.05, 3.63) is 106 Å². The lowest BCUT2D eigenvalue weighted by Gasteiger charge is -2.20. The van der Waals surface area contributed by atoms with Gasteiger partial charge in [0, 0.05) is 12.1 Å². The van der Waals surface area contributed by atoms with E-state index in [-0.39, 0.29) is 32.5 Å². The van der Waals surface area contributed by atoms with Crippen molar-refractivity contribution in [3.63, 3.8) is 0 Å². The summed E-state index contributed by atoms with van der Waals surface area (Å²) in [6, 6.07) is 20.7. The third kappa shape index (κ3) is 6.31. The minimum atomic E-state index is -3.82. The first-order chi connectivity index (χ1) is 19.0. The molecular weight excluding hydrogens is 579 g/mol. The number of amides is 1. The van der Waals surface area contributed by atoms with Crippen LogP contribution in [0.4, 0.5) is 11.4 Å². The third-order valence-corrected chi connectivity index (χ3v) is 8.16. The van der Waals surface area contributed by atoms with E-state index in [1.54, 1.807) is 36.4 Å². The number of rotatable bonds is 9. The topological polar surface area (TPSA) is 122 Å². The maximum Gasteiger partial charge on any atom is 0.337 e. The first-order valence-corrected chi connectivity index (χ1v) is 13.7. The van der Waals surface area contributed by atoms with Crippen LogP contribution in [-0.4, -0.2) is 39.6 Å². The van der Waals surface area contributed by atoms with Gasteiger partial charge in [0.25, 0.3) is 15.9 Å². The maximum absolute atomic E-state index is 13.0. The molecule has 0 fully saturated rings. The van der Waals surface area contributed by atoms with E-state index in [2.05, 4.69) is 5.32 Å². The normalized spacial score (nSPS) is 11.0. The largest absolute Gasteiger partial charge is 0.497 e. The lowest BCUT2D eigenvalue weighted by Crippen LogP contribution is -2.26. The molecule has 1 amide bonds. The van der Waals surface area contributed by atoms with Gasteiger partial charge >= 0.3 is 5.97 Å². The molecule has 4 aromatic carbocycles. The summed E-state index contributed by atoms with van der Waals surface area (Å²) in [6.07, 6.45) is 0. The Morgan fingerprint density at radius 2 is 1.45 bits per heavy atom. The van der Waals surface area contributed by atoms with Gasteiger partial charge in [-0.05, 0) is 84.9 Å². The lowest BCUT2D eigenvalue weighted by molar-refractivity contribution is 0.0697. The molecule has 0 saturated heterocycles. The van der Waals surface area contributed by atoms with Crippen molar-refractivity contribution in [2.75, 3.05) is 23.8 Å². The number of carboxylic acid groups (broad SMARTS) is 1. The van der Waals surface area contributed by atoms with Crippen LogP contribution in [0.25, 0.3) is 0 Å². The standard InChI is InChI=1S/C28H22Cl2N2O7S/c1-32(40(36,37)22-11-8-19(38-2)9-12-22)18-4-6-20(7-5-18)39-21-10-14-26(24(16-21)28(34)35)31-27(33)23-15-17(29)3-13-25(23)30/h3-16H,1-2H3,(H,31,33)(H,34,35). The predicted molar refractivity (Wildman–Crippen MR) is 153 cm³/mol. The van der Waals surface area contributed by atoms with Crippen LogP contribution in [0.1, 0.15) is 20.7 Å². The fourth-order valence-corrected chi connectivity index (χ4v) is 5.21. The first kappa shape index (κ1) is 28.8. The molecule has 0 heterocycles. The highest BCUT2D eigenvalue weighted by Gasteiger charge is 2.22. The molecule has 0 spiro atoms. The van der Waals surface area contributed by atoms with Crippen LogP contribution in [0.3, 0.4) is 0 Å². The van der Waals surface area contributed by atoms with Crippen molar-refractivity contribution in [1.29, 1.82) is 0 Å². The summed E-state index contributed by atoms with van der Waals surface area (Å²) >= 11 is 12.0. The van der Waals surface area contributed by atoms with Crippen molar-refractivity contribution in [2.24, 2.45) is 0 Å². The molecular formula is C28H22Cl2N2O7S. The highest BCUT2D eigenvalue weighted by atomic mass is 35.5. The first-order valence-electron chi connectivity index (χ1n) is 11.5. The Bertz CT molecular complexity index is 1680. The molecule has 0 unspecified atom stereocenters. The number of hydrogen-bond acceptors (Lipinski definition) is 6. The monoisotopic (exact) mass is 600 g/mol. The van der Waals surface area contributed by atoms with Crippen molar-refractivity contribution in [3.8, 4) is 17.2 Å². The SMILES string of the molecule is COc1ccc(S(=O)(=O)N(C)c2ccc(Oc3ccc(NC(=O)c4cc(Cl)ccc4Cl)c(C(=O)O)c3)cc2)cc1. The van der Waals surface area contributed by atoms with E-state index >= 15 is 0 Å². The van der Waals surface area contributed by atoms with Crippen molar-refractivity contribution >= 4 is 56.5 Å². The molecule has 9 nitrogen and oxygen atoms in total. The molecule has 40 heavy (non-hydrogen) atoms. The summed E-state index contributed by atoms with van der Waals surface area (Å²) < 4.78 is 38.0. The van der Waals surface area contributed by atoms with Gasteiger partial charge in [-0.2, -0.15) is 0 Å². The van der Waals surface area contributed by atoms with E-state index in [1.165, 1.54) is 62.7 Å². The minimum absolute atomic E-state index is 0.0293. The summed E-state index contributed by atoms with van der Waals surface area (Å²) in [4.78, 5) is 24.7. The molecule has 0 saturated carbocycles. The fourth-order valence-electron chi connectivity index (χ4n) is 3.64. The van der Waals surface area contributed by atoms with Gasteiger partial charge in [-0.15, -0.1) is 0 Å². The Balaban J connectivity index is 1.50. The number of carbonyl (C=O) groups excluding carboxylic acids is 1. The molecule has 0 radical (unpaired) electrons. The van der Waals surface area contributed by atoms with E-state index in [4.69, 9.17) is 32.7 Å². The van der Waals surface area contributed by atoms with E-state index in [9.17, 15) is 23.1 Å². The molecule has 0 bridgehead atoms. The summed E-state index contributed by atoms with van der Waals surface area (Å²) in [5, 5.41) is 12.7. The predicted octanol–water partition coefficient (Wildman–Crippen LogP) is 6.57. The zero-order valence-corrected chi connectivity index (χ0v) is 23.4. The molecule has 12 heteroatoms. The van der Waals surface area contributed by atoms with Gasteiger partial charge in [-0.25, -0.2) is 13.2 Å². The summed E-state index contributed by atoms with van der Waals surface area (Å²) in [7, 11) is -0.901. The minimum Gasteiger partial charge on any atom is -0.497 e. The highest BCUT2D eigenvalue weighted by Crippen LogP contribution is 2.30. The second-order valence-electron chi connectivity index (χ2n) is 8.33. The van der Waals surface area contributed by atoms with Crippen LogP contribution >= 0.6 is 23.2 Å². The number of benzene rings is 4. The van der Waals surface area contributed by atoms with Crippen molar-refractivity contribution in [1.82, 2.24) is 0 Å². The third-order valence-electron chi connectivity index (χ3n) is 5.80. The Morgan fingerprint density at radius 3 is 2.08 bits per heavy atom. The van der Waals surface area contributed by atoms with Gasteiger partial charge in [0.05, 0.1) is 39.5 Å². The average molecular weight is 601 g/mol. The Hall–Kier alpha value is -4.25. The van der Waals surface area contributed by atoms with Gasteiger partial charge in [-0.3, -0.25) is 9.10 Å². The zero-order valence-electron chi connectivity index (χ0n) is 21.1. The van der Waals surface area contributed by atoms with Gasteiger partial charge in [0.15, 0.2) is 0 Å².